The Morgan fingerprint density at radius 3 is 2.28 bits per heavy atom. The Labute approximate surface area is 109 Å². The topological polar surface area (TPSA) is 34.1 Å². The van der Waals surface area contributed by atoms with Crippen LogP contribution < -0.4 is 0 Å². The number of hydrogen-bond donors (Lipinski definition) is 0. The molecule has 2 aromatic rings. The second-order valence-electron chi connectivity index (χ2n) is 3.89. The van der Waals surface area contributed by atoms with Crippen LogP contribution in [0.1, 0.15) is 5.56 Å². The summed E-state index contributed by atoms with van der Waals surface area (Å²) in [5, 5.41) is 0. The fourth-order valence-electron chi connectivity index (χ4n) is 1.74. The number of aryl methyl sites for hydroxylation is 1. The zero-order chi connectivity index (χ0) is 13.3. The SMILES string of the molecule is Cc1ccccc1-c1ccc(S(=O)(=O)Cl)cc1F. The molecule has 0 spiro atoms. The van der Waals surface area contributed by atoms with Gasteiger partial charge in [-0.05, 0) is 30.2 Å². The lowest BCUT2D eigenvalue weighted by molar-refractivity contribution is 0.603. The van der Waals surface area contributed by atoms with Crippen molar-refractivity contribution in [3.63, 3.8) is 0 Å². The van der Waals surface area contributed by atoms with Gasteiger partial charge in [0.25, 0.3) is 9.05 Å². The zero-order valence-electron chi connectivity index (χ0n) is 9.52. The van der Waals surface area contributed by atoms with Crippen molar-refractivity contribution < 1.29 is 12.8 Å². The van der Waals surface area contributed by atoms with E-state index in [4.69, 9.17) is 10.7 Å². The van der Waals surface area contributed by atoms with E-state index in [0.29, 0.717) is 5.56 Å². The van der Waals surface area contributed by atoms with Crippen molar-refractivity contribution in [1.82, 2.24) is 0 Å². The highest BCUT2D eigenvalue weighted by atomic mass is 35.7. The smallest absolute Gasteiger partial charge is 0.207 e. The van der Waals surface area contributed by atoms with E-state index < -0.39 is 14.9 Å². The number of benzene rings is 2. The lowest BCUT2D eigenvalue weighted by atomic mass is 10.0. The number of hydrogen-bond acceptors (Lipinski definition) is 2. The van der Waals surface area contributed by atoms with Crippen molar-refractivity contribution in [2.75, 3.05) is 0 Å². The molecule has 0 unspecified atom stereocenters. The molecule has 0 bridgehead atoms. The molecule has 0 radical (unpaired) electrons. The van der Waals surface area contributed by atoms with Crippen LogP contribution in [0.4, 0.5) is 4.39 Å². The van der Waals surface area contributed by atoms with Gasteiger partial charge in [-0.25, -0.2) is 12.8 Å². The van der Waals surface area contributed by atoms with E-state index in [1.54, 1.807) is 12.1 Å². The molecule has 0 saturated heterocycles. The lowest BCUT2D eigenvalue weighted by Gasteiger charge is -2.07. The summed E-state index contributed by atoms with van der Waals surface area (Å²) in [4.78, 5) is -0.237. The van der Waals surface area contributed by atoms with E-state index in [-0.39, 0.29) is 4.90 Å². The summed E-state index contributed by atoms with van der Waals surface area (Å²) in [7, 11) is 1.26. The van der Waals surface area contributed by atoms with Gasteiger partial charge in [0.05, 0.1) is 4.90 Å². The van der Waals surface area contributed by atoms with Gasteiger partial charge in [0, 0.05) is 16.2 Å². The second kappa shape index (κ2) is 4.71. The van der Waals surface area contributed by atoms with Gasteiger partial charge in [-0.2, -0.15) is 0 Å². The summed E-state index contributed by atoms with van der Waals surface area (Å²) in [6, 6.07) is 11.0. The molecular weight excluding hydrogens is 275 g/mol. The van der Waals surface area contributed by atoms with Gasteiger partial charge in [0.15, 0.2) is 0 Å². The van der Waals surface area contributed by atoms with Crippen LogP contribution in [-0.2, 0) is 9.05 Å². The van der Waals surface area contributed by atoms with Crippen molar-refractivity contribution in [3.05, 3.63) is 53.8 Å². The third-order valence-electron chi connectivity index (χ3n) is 2.66. The molecule has 5 heteroatoms. The molecule has 2 rings (SSSR count). The Kier molecular flexibility index (Phi) is 3.41. The molecule has 0 fully saturated rings. The van der Waals surface area contributed by atoms with Crippen molar-refractivity contribution in [2.24, 2.45) is 0 Å². The van der Waals surface area contributed by atoms with Crippen LogP contribution in [0, 0.1) is 12.7 Å². The minimum Gasteiger partial charge on any atom is -0.207 e. The maximum absolute atomic E-state index is 13.9. The molecule has 2 nitrogen and oxygen atoms in total. The zero-order valence-corrected chi connectivity index (χ0v) is 11.1. The fraction of sp³-hybridized carbons (Fsp3) is 0.0769. The molecule has 0 atom stereocenters. The maximum Gasteiger partial charge on any atom is 0.261 e. The Morgan fingerprint density at radius 2 is 1.72 bits per heavy atom. The van der Waals surface area contributed by atoms with Gasteiger partial charge >= 0.3 is 0 Å². The molecule has 0 aliphatic heterocycles. The predicted octanol–water partition coefficient (Wildman–Crippen LogP) is 3.73. The summed E-state index contributed by atoms with van der Waals surface area (Å²) in [6.45, 7) is 1.86. The Balaban J connectivity index is 2.59. The summed E-state index contributed by atoms with van der Waals surface area (Å²) >= 11 is 0. The second-order valence-corrected chi connectivity index (χ2v) is 6.46. The van der Waals surface area contributed by atoms with Gasteiger partial charge < -0.3 is 0 Å². The van der Waals surface area contributed by atoms with E-state index >= 15 is 0 Å². The molecule has 94 valence electrons. The van der Waals surface area contributed by atoms with Crippen LogP contribution in [0.5, 0.6) is 0 Å². The molecule has 18 heavy (non-hydrogen) atoms. The van der Waals surface area contributed by atoms with Crippen molar-refractivity contribution in [1.29, 1.82) is 0 Å². The minimum absolute atomic E-state index is 0.237. The lowest BCUT2D eigenvalue weighted by Crippen LogP contribution is -1.94. The highest BCUT2D eigenvalue weighted by molar-refractivity contribution is 8.13. The van der Waals surface area contributed by atoms with Crippen LogP contribution in [0.2, 0.25) is 0 Å². The quantitative estimate of drug-likeness (QED) is 0.788. The Bertz CT molecular complexity index is 696. The van der Waals surface area contributed by atoms with Crippen molar-refractivity contribution in [3.8, 4) is 11.1 Å². The molecule has 0 saturated carbocycles. The third-order valence-corrected chi connectivity index (χ3v) is 4.01. The van der Waals surface area contributed by atoms with Crippen LogP contribution in [-0.4, -0.2) is 8.42 Å². The van der Waals surface area contributed by atoms with Gasteiger partial charge in [-0.1, -0.05) is 30.3 Å². The normalized spacial score (nSPS) is 11.5. The van der Waals surface area contributed by atoms with E-state index in [0.717, 1.165) is 17.2 Å². The van der Waals surface area contributed by atoms with E-state index in [2.05, 4.69) is 0 Å². The van der Waals surface area contributed by atoms with Crippen LogP contribution in [0.15, 0.2) is 47.4 Å². The third kappa shape index (κ3) is 2.54. The first-order chi connectivity index (χ1) is 8.39. The summed E-state index contributed by atoms with van der Waals surface area (Å²) < 4.78 is 36.1. The molecule has 2 aromatic carbocycles. The van der Waals surface area contributed by atoms with Gasteiger partial charge in [-0.15, -0.1) is 0 Å². The first-order valence-corrected chi connectivity index (χ1v) is 7.51. The van der Waals surface area contributed by atoms with E-state index in [1.807, 2.05) is 19.1 Å². The standard InChI is InChI=1S/C13H10ClFO2S/c1-9-4-2-3-5-11(9)12-7-6-10(8-13(12)15)18(14,16)17/h2-8H,1H3. The van der Waals surface area contributed by atoms with Gasteiger partial charge in [-0.3, -0.25) is 0 Å². The Hall–Kier alpha value is -1.39. The van der Waals surface area contributed by atoms with Crippen molar-refractivity contribution >= 4 is 19.7 Å². The average molecular weight is 285 g/mol. The van der Waals surface area contributed by atoms with E-state index in [9.17, 15) is 12.8 Å². The number of halogens is 2. The van der Waals surface area contributed by atoms with Gasteiger partial charge in [0.1, 0.15) is 5.82 Å². The summed E-state index contributed by atoms with van der Waals surface area (Å²) in [6.07, 6.45) is 0. The summed E-state index contributed by atoms with van der Waals surface area (Å²) in [5.41, 5.74) is 2.00. The van der Waals surface area contributed by atoms with E-state index in [1.165, 1.54) is 12.1 Å². The van der Waals surface area contributed by atoms with Crippen LogP contribution >= 0.6 is 10.7 Å². The van der Waals surface area contributed by atoms with Crippen LogP contribution in [0.25, 0.3) is 11.1 Å². The Morgan fingerprint density at radius 1 is 1.06 bits per heavy atom. The van der Waals surface area contributed by atoms with Crippen LogP contribution in [0.3, 0.4) is 0 Å². The molecular formula is C13H10ClFO2S. The predicted molar refractivity (Wildman–Crippen MR) is 69.6 cm³/mol. The first-order valence-electron chi connectivity index (χ1n) is 5.20. The molecule has 0 aliphatic rings. The minimum atomic E-state index is -3.90. The first kappa shape index (κ1) is 13.1. The molecule has 0 aromatic heterocycles. The summed E-state index contributed by atoms with van der Waals surface area (Å²) in [5.74, 6) is -0.606. The molecule has 0 aliphatic carbocycles. The number of rotatable bonds is 2. The van der Waals surface area contributed by atoms with Crippen molar-refractivity contribution in [2.45, 2.75) is 11.8 Å². The van der Waals surface area contributed by atoms with Gasteiger partial charge in [0.2, 0.25) is 0 Å². The molecule has 0 N–H and O–H groups in total. The molecule has 0 heterocycles. The highest BCUT2D eigenvalue weighted by Crippen LogP contribution is 2.28. The largest absolute Gasteiger partial charge is 0.261 e. The monoisotopic (exact) mass is 284 g/mol. The highest BCUT2D eigenvalue weighted by Gasteiger charge is 2.14. The average Bonchev–Trinajstić information content (AvgIpc) is 2.29. The fourth-order valence-corrected chi connectivity index (χ4v) is 2.50. The molecule has 0 amide bonds. The maximum atomic E-state index is 13.9.